The highest BCUT2D eigenvalue weighted by molar-refractivity contribution is 5.02. The number of hydrogen-bond acceptors (Lipinski definition) is 2. The van der Waals surface area contributed by atoms with E-state index in [9.17, 15) is 0 Å². The molecule has 0 amide bonds. The van der Waals surface area contributed by atoms with E-state index in [0.29, 0.717) is 5.41 Å². The zero-order valence-corrected chi connectivity index (χ0v) is 12.8. The summed E-state index contributed by atoms with van der Waals surface area (Å²) in [6.07, 6.45) is 6.76. The van der Waals surface area contributed by atoms with Crippen molar-refractivity contribution < 1.29 is 0 Å². The fourth-order valence-electron chi connectivity index (χ4n) is 4.37. The molecule has 1 aliphatic carbocycles. The van der Waals surface area contributed by atoms with Crippen LogP contribution >= 0.6 is 0 Å². The van der Waals surface area contributed by atoms with E-state index in [2.05, 4.69) is 32.6 Å². The second kappa shape index (κ2) is 5.13. The van der Waals surface area contributed by atoms with Gasteiger partial charge in [0.05, 0.1) is 0 Å². The van der Waals surface area contributed by atoms with Crippen LogP contribution in [0.3, 0.4) is 0 Å². The molecule has 0 aromatic heterocycles. The van der Waals surface area contributed by atoms with E-state index in [1.807, 2.05) is 0 Å². The summed E-state index contributed by atoms with van der Waals surface area (Å²) >= 11 is 0. The van der Waals surface area contributed by atoms with E-state index in [0.717, 1.165) is 18.4 Å². The molecule has 0 spiro atoms. The van der Waals surface area contributed by atoms with Crippen molar-refractivity contribution in [3.05, 3.63) is 0 Å². The molecule has 2 N–H and O–H groups in total. The van der Waals surface area contributed by atoms with Gasteiger partial charge in [0.2, 0.25) is 0 Å². The molecule has 0 bridgehead atoms. The molecule has 3 atom stereocenters. The van der Waals surface area contributed by atoms with Crippen molar-refractivity contribution in [3.63, 3.8) is 0 Å². The fourth-order valence-corrected chi connectivity index (χ4v) is 4.37. The molecule has 0 aromatic carbocycles. The van der Waals surface area contributed by atoms with Gasteiger partial charge in [-0.1, -0.05) is 34.1 Å². The number of piperidine rings is 1. The van der Waals surface area contributed by atoms with Crippen molar-refractivity contribution in [1.82, 2.24) is 4.90 Å². The normalized spacial score (nSPS) is 41.8. The lowest BCUT2D eigenvalue weighted by atomic mass is 9.67. The predicted octanol–water partition coefficient (Wildman–Crippen LogP) is 3.26. The van der Waals surface area contributed by atoms with Gasteiger partial charge in [0.1, 0.15) is 0 Å². The number of nitrogens with zero attached hydrogens (tertiary/aromatic N) is 1. The summed E-state index contributed by atoms with van der Waals surface area (Å²) < 4.78 is 0. The summed E-state index contributed by atoms with van der Waals surface area (Å²) in [5, 5.41) is 0. The third kappa shape index (κ3) is 2.60. The van der Waals surface area contributed by atoms with E-state index in [1.54, 1.807) is 0 Å². The molecule has 1 aliphatic heterocycles. The maximum atomic E-state index is 6.27. The highest BCUT2D eigenvalue weighted by atomic mass is 15.2. The van der Waals surface area contributed by atoms with Crippen molar-refractivity contribution in [2.45, 2.75) is 65.3 Å². The summed E-state index contributed by atoms with van der Waals surface area (Å²) in [5.74, 6) is 1.60. The summed E-state index contributed by atoms with van der Waals surface area (Å²) in [4.78, 5) is 2.76. The zero-order chi connectivity index (χ0) is 13.4. The first kappa shape index (κ1) is 14.3. The molecule has 1 heterocycles. The molecular weight excluding hydrogens is 220 g/mol. The SMILES string of the molecule is CC1CCC(C)C(CN)(N2CCCC(C)(C)C2)C1. The van der Waals surface area contributed by atoms with E-state index >= 15 is 0 Å². The molecule has 1 saturated heterocycles. The Bertz CT molecular complexity index is 287. The maximum absolute atomic E-state index is 6.27. The van der Waals surface area contributed by atoms with Crippen LogP contribution in [0.2, 0.25) is 0 Å². The summed E-state index contributed by atoms with van der Waals surface area (Å²) in [7, 11) is 0. The zero-order valence-electron chi connectivity index (χ0n) is 12.8. The summed E-state index contributed by atoms with van der Waals surface area (Å²) in [5.41, 5.74) is 7.03. The lowest BCUT2D eigenvalue weighted by Gasteiger charge is -2.55. The van der Waals surface area contributed by atoms with Crippen LogP contribution in [0.5, 0.6) is 0 Å². The number of likely N-dealkylation sites (tertiary alicyclic amines) is 1. The van der Waals surface area contributed by atoms with E-state index < -0.39 is 0 Å². The average Bonchev–Trinajstić information content (AvgIpc) is 2.31. The molecule has 3 unspecified atom stereocenters. The average molecular weight is 252 g/mol. The van der Waals surface area contributed by atoms with Crippen LogP contribution in [-0.2, 0) is 0 Å². The molecule has 2 aliphatic rings. The summed E-state index contributed by atoms with van der Waals surface area (Å²) in [6, 6.07) is 0. The molecule has 0 radical (unpaired) electrons. The minimum absolute atomic E-state index is 0.287. The first-order chi connectivity index (χ1) is 8.39. The van der Waals surface area contributed by atoms with Crippen molar-refractivity contribution in [1.29, 1.82) is 0 Å². The minimum Gasteiger partial charge on any atom is -0.329 e. The standard InChI is InChI=1S/C16H32N2/c1-13-6-7-14(2)16(10-13,11-17)18-9-5-8-15(3,4)12-18/h13-14H,5-12,17H2,1-4H3. The predicted molar refractivity (Wildman–Crippen MR) is 78.6 cm³/mol. The third-order valence-electron chi connectivity index (χ3n) is 5.60. The van der Waals surface area contributed by atoms with Gasteiger partial charge >= 0.3 is 0 Å². The lowest BCUT2D eigenvalue weighted by molar-refractivity contribution is -0.0449. The van der Waals surface area contributed by atoms with Gasteiger partial charge in [-0.05, 0) is 49.5 Å². The van der Waals surface area contributed by atoms with Crippen LogP contribution in [0, 0.1) is 17.3 Å². The molecule has 2 rings (SSSR count). The smallest absolute Gasteiger partial charge is 0.0359 e. The molecule has 0 aromatic rings. The monoisotopic (exact) mass is 252 g/mol. The topological polar surface area (TPSA) is 29.3 Å². The third-order valence-corrected chi connectivity index (χ3v) is 5.60. The van der Waals surface area contributed by atoms with Gasteiger partial charge in [-0.2, -0.15) is 0 Å². The summed E-state index contributed by atoms with van der Waals surface area (Å²) in [6.45, 7) is 13.0. The van der Waals surface area contributed by atoms with Crippen LogP contribution in [0.4, 0.5) is 0 Å². The van der Waals surface area contributed by atoms with Gasteiger partial charge in [0, 0.05) is 18.6 Å². The van der Waals surface area contributed by atoms with E-state index in [-0.39, 0.29) is 5.54 Å². The van der Waals surface area contributed by atoms with Crippen LogP contribution in [0.25, 0.3) is 0 Å². The Kier molecular flexibility index (Phi) is 4.08. The van der Waals surface area contributed by atoms with Gasteiger partial charge in [-0.15, -0.1) is 0 Å². The lowest BCUT2D eigenvalue weighted by Crippen LogP contribution is -2.63. The number of nitrogens with two attached hydrogens (primary N) is 1. The van der Waals surface area contributed by atoms with Gasteiger partial charge in [-0.25, -0.2) is 0 Å². The first-order valence-electron chi connectivity index (χ1n) is 7.85. The highest BCUT2D eigenvalue weighted by Crippen LogP contribution is 2.43. The van der Waals surface area contributed by atoms with Crippen LogP contribution in [0.1, 0.15) is 59.8 Å². The second-order valence-electron chi connectivity index (χ2n) is 7.78. The Morgan fingerprint density at radius 2 is 1.94 bits per heavy atom. The van der Waals surface area contributed by atoms with Crippen LogP contribution in [-0.4, -0.2) is 30.1 Å². The highest BCUT2D eigenvalue weighted by Gasteiger charge is 2.46. The van der Waals surface area contributed by atoms with Gasteiger partial charge in [0.25, 0.3) is 0 Å². The van der Waals surface area contributed by atoms with Crippen molar-refractivity contribution in [2.75, 3.05) is 19.6 Å². The second-order valence-corrected chi connectivity index (χ2v) is 7.78. The van der Waals surface area contributed by atoms with E-state index in [4.69, 9.17) is 5.73 Å². The molecule has 106 valence electrons. The fraction of sp³-hybridized carbons (Fsp3) is 1.00. The number of rotatable bonds is 2. The molecule has 1 saturated carbocycles. The Labute approximate surface area is 113 Å². The Balaban J connectivity index is 2.19. The Morgan fingerprint density at radius 3 is 2.56 bits per heavy atom. The maximum Gasteiger partial charge on any atom is 0.0359 e. The van der Waals surface area contributed by atoms with E-state index in [1.165, 1.54) is 45.2 Å². The molecule has 2 nitrogen and oxygen atoms in total. The molecule has 2 heteroatoms. The molecule has 2 fully saturated rings. The Morgan fingerprint density at radius 1 is 1.22 bits per heavy atom. The first-order valence-corrected chi connectivity index (χ1v) is 7.85. The minimum atomic E-state index is 0.287. The quantitative estimate of drug-likeness (QED) is 0.817. The van der Waals surface area contributed by atoms with Gasteiger partial charge in [-0.3, -0.25) is 4.90 Å². The van der Waals surface area contributed by atoms with Gasteiger partial charge in [0.15, 0.2) is 0 Å². The van der Waals surface area contributed by atoms with Crippen LogP contribution < -0.4 is 5.73 Å². The van der Waals surface area contributed by atoms with Crippen molar-refractivity contribution >= 4 is 0 Å². The van der Waals surface area contributed by atoms with Crippen molar-refractivity contribution in [2.24, 2.45) is 23.0 Å². The van der Waals surface area contributed by atoms with Crippen LogP contribution in [0.15, 0.2) is 0 Å². The van der Waals surface area contributed by atoms with Gasteiger partial charge < -0.3 is 5.73 Å². The largest absolute Gasteiger partial charge is 0.329 e. The molecule has 18 heavy (non-hydrogen) atoms. The Hall–Kier alpha value is -0.0800. The van der Waals surface area contributed by atoms with Crippen molar-refractivity contribution in [3.8, 4) is 0 Å². The molecular formula is C16H32N2. The number of hydrogen-bond donors (Lipinski definition) is 1.